The molecule has 0 fully saturated rings. The fourth-order valence-corrected chi connectivity index (χ4v) is 2.18. The number of benzene rings is 1. The molecule has 0 saturated carbocycles. The summed E-state index contributed by atoms with van der Waals surface area (Å²) in [7, 11) is 0. The summed E-state index contributed by atoms with van der Waals surface area (Å²) in [5.41, 5.74) is 6.35. The molecule has 0 aromatic heterocycles. The van der Waals surface area contributed by atoms with Crippen molar-refractivity contribution in [3.05, 3.63) is 29.8 Å². The van der Waals surface area contributed by atoms with E-state index in [0.717, 1.165) is 12.1 Å². The van der Waals surface area contributed by atoms with Gasteiger partial charge in [-0.25, -0.2) is 0 Å². The van der Waals surface area contributed by atoms with Gasteiger partial charge in [-0.3, -0.25) is 14.4 Å². The van der Waals surface area contributed by atoms with Crippen molar-refractivity contribution in [1.82, 2.24) is 5.32 Å². The molecular formula is C13H15N3O3. The monoisotopic (exact) mass is 261 g/mol. The highest BCUT2D eigenvalue weighted by Crippen LogP contribution is 2.35. The van der Waals surface area contributed by atoms with E-state index < -0.39 is 17.9 Å². The van der Waals surface area contributed by atoms with Gasteiger partial charge in [0.1, 0.15) is 6.04 Å². The van der Waals surface area contributed by atoms with Crippen LogP contribution in [0.15, 0.2) is 24.3 Å². The summed E-state index contributed by atoms with van der Waals surface area (Å²) in [6.07, 6.45) is 0.802. The molecule has 0 spiro atoms. The van der Waals surface area contributed by atoms with Gasteiger partial charge >= 0.3 is 11.8 Å². The minimum absolute atomic E-state index is 0.238. The number of para-hydroxylation sites is 1. The second kappa shape index (κ2) is 5.09. The molecule has 1 aromatic rings. The van der Waals surface area contributed by atoms with Gasteiger partial charge in [-0.2, -0.15) is 0 Å². The molecule has 6 heteroatoms. The van der Waals surface area contributed by atoms with Crippen LogP contribution >= 0.6 is 0 Å². The maximum absolute atomic E-state index is 12.3. The standard InChI is InChI=1S/C13H15N3O3/c1-2-7-16-9-6-4-3-5-8(9)10(13(16)19)15-12(18)11(14)17/h3-6,10H,2,7H2,1H3,(H2,14,17)(H,15,18)/t10-/m1/s1. The third kappa shape index (κ3) is 2.29. The highest BCUT2D eigenvalue weighted by atomic mass is 16.2. The van der Waals surface area contributed by atoms with Crippen LogP contribution in [0.4, 0.5) is 5.69 Å². The molecule has 0 aliphatic carbocycles. The first-order valence-corrected chi connectivity index (χ1v) is 6.06. The predicted molar refractivity (Wildman–Crippen MR) is 69.2 cm³/mol. The lowest BCUT2D eigenvalue weighted by Gasteiger charge is -2.16. The van der Waals surface area contributed by atoms with E-state index in [1.54, 1.807) is 17.0 Å². The fraction of sp³-hybridized carbons (Fsp3) is 0.308. The van der Waals surface area contributed by atoms with E-state index >= 15 is 0 Å². The number of primary amides is 1. The Balaban J connectivity index is 2.33. The van der Waals surface area contributed by atoms with Crippen molar-refractivity contribution in [3.63, 3.8) is 0 Å². The molecule has 0 saturated heterocycles. The minimum atomic E-state index is -1.10. The maximum atomic E-state index is 12.3. The molecule has 3 N–H and O–H groups in total. The highest BCUT2D eigenvalue weighted by Gasteiger charge is 2.37. The van der Waals surface area contributed by atoms with Crippen molar-refractivity contribution in [2.45, 2.75) is 19.4 Å². The number of nitrogens with one attached hydrogen (secondary N) is 1. The second-order valence-corrected chi connectivity index (χ2v) is 4.32. The number of rotatable bonds is 3. The van der Waals surface area contributed by atoms with Gasteiger partial charge in [-0.15, -0.1) is 0 Å². The third-order valence-corrected chi connectivity index (χ3v) is 3.00. The first-order chi connectivity index (χ1) is 9.06. The van der Waals surface area contributed by atoms with E-state index in [2.05, 4.69) is 5.32 Å². The number of carbonyl (C=O) groups excluding carboxylic acids is 3. The Hall–Kier alpha value is -2.37. The first kappa shape index (κ1) is 13.1. The Kier molecular flexibility index (Phi) is 3.50. The van der Waals surface area contributed by atoms with Crippen molar-refractivity contribution in [2.24, 2.45) is 5.73 Å². The van der Waals surface area contributed by atoms with Gasteiger partial charge < -0.3 is 16.0 Å². The molecule has 6 nitrogen and oxygen atoms in total. The summed E-state index contributed by atoms with van der Waals surface area (Å²) < 4.78 is 0. The molecule has 0 bridgehead atoms. The number of anilines is 1. The summed E-state index contributed by atoms with van der Waals surface area (Å²) in [4.78, 5) is 36.0. The number of hydrogen-bond acceptors (Lipinski definition) is 3. The Morgan fingerprint density at radius 3 is 2.68 bits per heavy atom. The number of carbonyl (C=O) groups is 3. The van der Waals surface area contributed by atoms with Crippen molar-refractivity contribution in [2.75, 3.05) is 11.4 Å². The Bertz CT molecular complexity index is 542. The van der Waals surface area contributed by atoms with Crippen LogP contribution in [0.3, 0.4) is 0 Å². The van der Waals surface area contributed by atoms with Gasteiger partial charge in [0.15, 0.2) is 0 Å². The summed E-state index contributed by atoms with van der Waals surface area (Å²) in [5, 5.41) is 2.37. The molecule has 1 aromatic carbocycles. The number of nitrogens with zero attached hydrogens (tertiary/aromatic N) is 1. The van der Waals surface area contributed by atoms with Crippen LogP contribution in [0.25, 0.3) is 0 Å². The summed E-state index contributed by atoms with van der Waals surface area (Å²) >= 11 is 0. The Morgan fingerprint density at radius 1 is 1.37 bits per heavy atom. The van der Waals surface area contributed by atoms with E-state index in [1.807, 2.05) is 19.1 Å². The van der Waals surface area contributed by atoms with E-state index in [4.69, 9.17) is 5.73 Å². The molecule has 2 rings (SSSR count). The third-order valence-electron chi connectivity index (χ3n) is 3.00. The van der Waals surface area contributed by atoms with Crippen LogP contribution in [0.2, 0.25) is 0 Å². The van der Waals surface area contributed by atoms with Crippen molar-refractivity contribution < 1.29 is 14.4 Å². The molecule has 1 atom stereocenters. The van der Waals surface area contributed by atoms with Crippen LogP contribution in [0, 0.1) is 0 Å². The van der Waals surface area contributed by atoms with Gasteiger partial charge in [0.25, 0.3) is 5.91 Å². The number of nitrogens with two attached hydrogens (primary N) is 1. The Morgan fingerprint density at radius 2 is 2.05 bits per heavy atom. The fourth-order valence-electron chi connectivity index (χ4n) is 2.18. The topological polar surface area (TPSA) is 92.5 Å². The first-order valence-electron chi connectivity index (χ1n) is 6.06. The van der Waals surface area contributed by atoms with E-state index in [0.29, 0.717) is 12.1 Å². The number of fused-ring (bicyclic) bond motifs is 1. The average molecular weight is 261 g/mol. The quantitative estimate of drug-likeness (QED) is 0.755. The molecular weight excluding hydrogens is 246 g/mol. The molecule has 1 aliphatic rings. The molecule has 0 radical (unpaired) electrons. The van der Waals surface area contributed by atoms with Crippen LogP contribution < -0.4 is 16.0 Å². The van der Waals surface area contributed by atoms with Gasteiger partial charge in [-0.05, 0) is 12.5 Å². The van der Waals surface area contributed by atoms with Gasteiger partial charge in [0.2, 0.25) is 0 Å². The minimum Gasteiger partial charge on any atom is -0.361 e. The number of hydrogen-bond donors (Lipinski definition) is 2. The molecule has 19 heavy (non-hydrogen) atoms. The predicted octanol–water partition coefficient (Wildman–Crippen LogP) is 0.0858. The zero-order valence-electron chi connectivity index (χ0n) is 10.6. The summed E-state index contributed by atoms with van der Waals surface area (Å²) in [6.45, 7) is 2.53. The van der Waals surface area contributed by atoms with E-state index in [9.17, 15) is 14.4 Å². The highest BCUT2D eigenvalue weighted by molar-refractivity contribution is 6.35. The van der Waals surface area contributed by atoms with Crippen molar-refractivity contribution in [1.29, 1.82) is 0 Å². The second-order valence-electron chi connectivity index (χ2n) is 4.32. The van der Waals surface area contributed by atoms with E-state index in [1.165, 1.54) is 0 Å². The van der Waals surface area contributed by atoms with Crippen LogP contribution in [-0.4, -0.2) is 24.3 Å². The molecule has 100 valence electrons. The van der Waals surface area contributed by atoms with Gasteiger partial charge in [0.05, 0.1) is 0 Å². The van der Waals surface area contributed by atoms with Crippen molar-refractivity contribution in [3.8, 4) is 0 Å². The van der Waals surface area contributed by atoms with E-state index in [-0.39, 0.29) is 5.91 Å². The Labute approximate surface area is 110 Å². The van der Waals surface area contributed by atoms with Crippen molar-refractivity contribution >= 4 is 23.4 Å². The van der Waals surface area contributed by atoms with Crippen LogP contribution in [0.5, 0.6) is 0 Å². The van der Waals surface area contributed by atoms with Gasteiger partial charge in [0, 0.05) is 17.8 Å². The molecule has 0 unspecified atom stereocenters. The largest absolute Gasteiger partial charge is 0.361 e. The average Bonchev–Trinajstić information content (AvgIpc) is 2.65. The van der Waals surface area contributed by atoms with Crippen LogP contribution in [-0.2, 0) is 14.4 Å². The maximum Gasteiger partial charge on any atom is 0.309 e. The molecule has 3 amide bonds. The van der Waals surface area contributed by atoms with Crippen LogP contribution in [0.1, 0.15) is 24.9 Å². The van der Waals surface area contributed by atoms with Gasteiger partial charge in [-0.1, -0.05) is 25.1 Å². The molecule has 1 heterocycles. The summed E-state index contributed by atoms with van der Waals surface area (Å²) in [5.74, 6) is -2.29. The molecule has 1 aliphatic heterocycles. The lowest BCUT2D eigenvalue weighted by Crippen LogP contribution is -2.42. The lowest BCUT2D eigenvalue weighted by atomic mass is 10.1. The lowest BCUT2D eigenvalue weighted by molar-refractivity contribution is -0.138. The SMILES string of the molecule is CCCN1C(=O)[C@H](NC(=O)C(N)=O)c2ccccc21. The smallest absolute Gasteiger partial charge is 0.309 e. The summed E-state index contributed by atoms with van der Waals surface area (Å²) in [6, 6.07) is 6.36. The number of amides is 3. The zero-order valence-corrected chi connectivity index (χ0v) is 10.6. The zero-order chi connectivity index (χ0) is 14.0. The normalized spacial score (nSPS) is 17.2.